The van der Waals surface area contributed by atoms with Crippen molar-refractivity contribution in [2.24, 2.45) is 5.92 Å². The van der Waals surface area contributed by atoms with Gasteiger partial charge >= 0.3 is 0 Å². The second kappa shape index (κ2) is 11.9. The molecule has 0 unspecified atom stereocenters. The number of hydrogen-bond acceptors (Lipinski definition) is 7. The van der Waals surface area contributed by atoms with E-state index in [2.05, 4.69) is 44.6 Å². The number of thiocarbonyl (C=S) groups is 1. The van der Waals surface area contributed by atoms with E-state index < -0.39 is 0 Å². The lowest BCUT2D eigenvalue weighted by Crippen LogP contribution is -2.41. The van der Waals surface area contributed by atoms with Gasteiger partial charge in [0, 0.05) is 48.5 Å². The molecule has 5 rings (SSSR count). The number of rotatable bonds is 7. The number of nitrogens with zero attached hydrogens (tertiary/aromatic N) is 5. The number of nitrogens with one attached hydrogen (secondary N) is 2. The van der Waals surface area contributed by atoms with Crippen LogP contribution in [-0.2, 0) is 5.41 Å². The Hall–Kier alpha value is -2.49. The van der Waals surface area contributed by atoms with Crippen LogP contribution < -0.4 is 15.5 Å². The summed E-state index contributed by atoms with van der Waals surface area (Å²) >= 11 is 13.3. The summed E-state index contributed by atoms with van der Waals surface area (Å²) in [6.45, 7) is 5.01. The number of benzene rings is 1. The molecule has 0 bridgehead atoms. The van der Waals surface area contributed by atoms with Gasteiger partial charge in [-0.1, -0.05) is 43.5 Å². The molecule has 2 N–H and O–H groups in total. The zero-order valence-corrected chi connectivity index (χ0v) is 23.4. The van der Waals surface area contributed by atoms with Crippen molar-refractivity contribution in [2.45, 2.75) is 61.0 Å². The molecule has 1 saturated heterocycles. The molecule has 37 heavy (non-hydrogen) atoms. The highest BCUT2D eigenvalue weighted by Crippen LogP contribution is 2.41. The third kappa shape index (κ3) is 6.69. The summed E-state index contributed by atoms with van der Waals surface area (Å²) in [5, 5.41) is 9.44. The maximum Gasteiger partial charge on any atom is 0.232 e. The molecule has 2 fully saturated rings. The van der Waals surface area contributed by atoms with Crippen LogP contribution in [0.3, 0.4) is 0 Å². The topological polar surface area (TPSA) is 78.9 Å². The van der Waals surface area contributed by atoms with Crippen molar-refractivity contribution in [1.82, 2.24) is 25.3 Å². The van der Waals surface area contributed by atoms with Crippen LogP contribution in [0.5, 0.6) is 0 Å². The molecule has 0 radical (unpaired) electrons. The minimum absolute atomic E-state index is 0.0502. The quantitative estimate of drug-likeness (QED) is 0.205. The fourth-order valence-electron chi connectivity index (χ4n) is 5.33. The van der Waals surface area contributed by atoms with Gasteiger partial charge in [-0.15, -0.1) is 0 Å². The Balaban J connectivity index is 1.32. The molecule has 2 aromatic heterocycles. The van der Waals surface area contributed by atoms with E-state index in [0.717, 1.165) is 54.8 Å². The molecule has 194 valence electrons. The molecule has 1 atom stereocenters. The molecule has 1 aliphatic heterocycles. The number of halogens is 1. The minimum Gasteiger partial charge on any atom is -0.361 e. The van der Waals surface area contributed by atoms with Crippen LogP contribution >= 0.6 is 35.6 Å². The first-order chi connectivity index (χ1) is 18.0. The number of hydrogen-bond donors (Lipinski definition) is 2. The number of aromatic nitrogens is 4. The Kier molecular flexibility index (Phi) is 8.42. The maximum absolute atomic E-state index is 6.15. The summed E-state index contributed by atoms with van der Waals surface area (Å²) in [4.78, 5) is 20.6. The van der Waals surface area contributed by atoms with Crippen LogP contribution in [-0.4, -0.2) is 44.7 Å². The van der Waals surface area contributed by atoms with E-state index in [1.54, 1.807) is 12.4 Å². The van der Waals surface area contributed by atoms with Gasteiger partial charge < -0.3 is 15.5 Å². The molecule has 1 aliphatic carbocycles. The molecule has 0 spiro atoms. The van der Waals surface area contributed by atoms with Crippen LogP contribution in [0, 0.1) is 5.92 Å². The first-order valence-electron chi connectivity index (χ1n) is 12.9. The van der Waals surface area contributed by atoms with Crippen LogP contribution in [0.2, 0.25) is 5.02 Å². The van der Waals surface area contributed by atoms with Crippen molar-refractivity contribution in [3.8, 4) is 0 Å². The summed E-state index contributed by atoms with van der Waals surface area (Å²) < 4.78 is 0. The van der Waals surface area contributed by atoms with Crippen molar-refractivity contribution < 1.29 is 0 Å². The molecule has 3 aromatic rings. The molecule has 10 heteroatoms. The highest BCUT2D eigenvalue weighted by molar-refractivity contribution is 7.99. The molecule has 2 aliphatic rings. The van der Waals surface area contributed by atoms with Crippen LogP contribution in [0.1, 0.15) is 51.0 Å². The molecule has 3 heterocycles. The first kappa shape index (κ1) is 26.1. The van der Waals surface area contributed by atoms with Crippen molar-refractivity contribution in [2.75, 3.05) is 29.9 Å². The van der Waals surface area contributed by atoms with E-state index in [-0.39, 0.29) is 5.41 Å². The van der Waals surface area contributed by atoms with E-state index in [4.69, 9.17) is 33.8 Å². The van der Waals surface area contributed by atoms with Gasteiger partial charge in [-0.05, 0) is 79.3 Å². The van der Waals surface area contributed by atoms with E-state index in [0.29, 0.717) is 22.1 Å². The lowest BCUT2D eigenvalue weighted by atomic mass is 9.79. The van der Waals surface area contributed by atoms with Gasteiger partial charge in [-0.3, -0.25) is 0 Å². The van der Waals surface area contributed by atoms with Gasteiger partial charge in [-0.25, -0.2) is 15.0 Å². The predicted octanol–water partition coefficient (Wildman–Crippen LogP) is 6.11. The molecular formula is C27H32ClN7S2. The van der Waals surface area contributed by atoms with Crippen LogP contribution in [0.4, 0.5) is 11.8 Å². The van der Waals surface area contributed by atoms with Crippen molar-refractivity contribution in [3.63, 3.8) is 0 Å². The van der Waals surface area contributed by atoms with Gasteiger partial charge in [0.1, 0.15) is 10.8 Å². The standard InChI is InChI=1S/C27H32ClN7S2/c1-19-6-4-15-35(17-19)22-16-23(37-26-29-13-5-14-30-26)33-24(32-22)34-25(36)31-18-27(11-2-3-12-27)20-7-9-21(28)10-8-20/h5,7-10,13-14,16,19H,2-4,6,11-12,15,17-18H2,1H3,(H2,31,32,33,34,36)/t19-/m0/s1. The Morgan fingerprint density at radius 1 is 1.14 bits per heavy atom. The molecule has 0 amide bonds. The number of piperidine rings is 1. The summed E-state index contributed by atoms with van der Waals surface area (Å²) in [6, 6.07) is 12.1. The van der Waals surface area contributed by atoms with Gasteiger partial charge in [0.05, 0.1) is 0 Å². The van der Waals surface area contributed by atoms with E-state index in [1.165, 1.54) is 36.6 Å². The van der Waals surface area contributed by atoms with Gasteiger partial charge in [-0.2, -0.15) is 4.98 Å². The fourth-order valence-corrected chi connectivity index (χ4v) is 6.33. The zero-order valence-electron chi connectivity index (χ0n) is 21.0. The fraction of sp³-hybridized carbons (Fsp3) is 0.444. The SMILES string of the molecule is C[C@H]1CCCN(c2cc(Sc3ncccn3)nc(NC(=S)NCC3(c4ccc(Cl)cc4)CCCC3)n2)C1. The average molecular weight is 554 g/mol. The summed E-state index contributed by atoms with van der Waals surface area (Å²) in [7, 11) is 0. The Labute approximate surface area is 233 Å². The summed E-state index contributed by atoms with van der Waals surface area (Å²) in [5.74, 6) is 2.02. The second-order valence-corrected chi connectivity index (χ2v) is 11.8. The molecular weight excluding hydrogens is 522 g/mol. The van der Waals surface area contributed by atoms with Crippen molar-refractivity contribution in [1.29, 1.82) is 0 Å². The monoisotopic (exact) mass is 553 g/mol. The molecule has 7 nitrogen and oxygen atoms in total. The third-order valence-electron chi connectivity index (χ3n) is 7.24. The lowest BCUT2D eigenvalue weighted by Gasteiger charge is -2.32. The molecule has 1 saturated carbocycles. The largest absolute Gasteiger partial charge is 0.361 e. The first-order valence-corrected chi connectivity index (χ1v) is 14.5. The second-order valence-electron chi connectivity index (χ2n) is 10.0. The summed E-state index contributed by atoms with van der Waals surface area (Å²) in [6.07, 6.45) is 10.6. The summed E-state index contributed by atoms with van der Waals surface area (Å²) in [5.41, 5.74) is 1.36. The highest BCUT2D eigenvalue weighted by Gasteiger charge is 2.35. The van der Waals surface area contributed by atoms with Gasteiger partial charge in [0.2, 0.25) is 5.95 Å². The van der Waals surface area contributed by atoms with E-state index in [1.807, 2.05) is 24.3 Å². The van der Waals surface area contributed by atoms with Crippen LogP contribution in [0.15, 0.2) is 59.0 Å². The maximum atomic E-state index is 6.15. The normalized spacial score (nSPS) is 19.0. The molecule has 1 aromatic carbocycles. The minimum atomic E-state index is 0.0502. The van der Waals surface area contributed by atoms with Crippen LogP contribution in [0.25, 0.3) is 0 Å². The predicted molar refractivity (Wildman–Crippen MR) is 155 cm³/mol. The Morgan fingerprint density at radius 2 is 1.89 bits per heavy atom. The smallest absolute Gasteiger partial charge is 0.232 e. The average Bonchev–Trinajstić information content (AvgIpc) is 3.39. The van der Waals surface area contributed by atoms with E-state index >= 15 is 0 Å². The van der Waals surface area contributed by atoms with Gasteiger partial charge in [0.25, 0.3) is 0 Å². The zero-order chi connectivity index (χ0) is 25.7. The Morgan fingerprint density at radius 3 is 2.62 bits per heavy atom. The number of anilines is 2. The third-order valence-corrected chi connectivity index (χ3v) is 8.55. The lowest BCUT2D eigenvalue weighted by molar-refractivity contribution is 0.435. The Bertz CT molecular complexity index is 1200. The van der Waals surface area contributed by atoms with Crippen molar-refractivity contribution >= 4 is 52.5 Å². The van der Waals surface area contributed by atoms with Gasteiger partial charge in [0.15, 0.2) is 10.3 Å². The highest BCUT2D eigenvalue weighted by atomic mass is 35.5. The van der Waals surface area contributed by atoms with Crippen molar-refractivity contribution in [3.05, 3.63) is 59.4 Å². The van der Waals surface area contributed by atoms with E-state index in [9.17, 15) is 0 Å².